The van der Waals surface area contributed by atoms with Gasteiger partial charge in [0, 0.05) is 16.5 Å². The third-order valence-electron chi connectivity index (χ3n) is 3.14. The fourth-order valence-electron chi connectivity index (χ4n) is 2.19. The molecule has 0 saturated carbocycles. The monoisotopic (exact) mass is 303 g/mol. The predicted octanol–water partition coefficient (Wildman–Crippen LogP) is 3.35. The fourth-order valence-corrected chi connectivity index (χ4v) is 3.32. The summed E-state index contributed by atoms with van der Waals surface area (Å²) >= 11 is 1.23. The average molecular weight is 303 g/mol. The number of thiophene rings is 1. The number of nitriles is 1. The van der Waals surface area contributed by atoms with Crippen LogP contribution in [0.5, 0.6) is 5.75 Å². The van der Waals surface area contributed by atoms with Crippen LogP contribution in [0.15, 0.2) is 18.2 Å². The molecule has 0 unspecified atom stereocenters. The Labute approximate surface area is 125 Å². The minimum atomic E-state index is -0.490. The summed E-state index contributed by atoms with van der Waals surface area (Å²) in [7, 11) is 1.39. The van der Waals surface area contributed by atoms with Crippen LogP contribution in [0.4, 0.5) is 11.4 Å². The topological polar surface area (TPSA) is 102 Å². The quantitative estimate of drug-likeness (QED) is 0.689. The van der Waals surface area contributed by atoms with Crippen molar-refractivity contribution in [1.82, 2.24) is 0 Å². The van der Waals surface area contributed by atoms with E-state index >= 15 is 0 Å². The average Bonchev–Trinajstić information content (AvgIpc) is 2.81. The molecule has 0 aliphatic heterocycles. The number of nitro benzene ring substituents is 1. The summed E-state index contributed by atoms with van der Waals surface area (Å²) in [6, 6.07) is 6.77. The van der Waals surface area contributed by atoms with Crippen molar-refractivity contribution < 1.29 is 9.66 Å². The zero-order chi connectivity index (χ0) is 15.6. The molecule has 7 heteroatoms. The van der Waals surface area contributed by atoms with E-state index in [0.717, 1.165) is 10.4 Å². The molecule has 0 aliphatic rings. The molecule has 0 amide bonds. The van der Waals surface area contributed by atoms with Crippen LogP contribution in [-0.4, -0.2) is 12.0 Å². The number of nitro groups is 1. The van der Waals surface area contributed by atoms with Crippen LogP contribution in [0.3, 0.4) is 0 Å². The van der Waals surface area contributed by atoms with Gasteiger partial charge in [0.15, 0.2) is 0 Å². The van der Waals surface area contributed by atoms with E-state index in [-0.39, 0.29) is 11.4 Å². The van der Waals surface area contributed by atoms with Crippen molar-refractivity contribution in [1.29, 1.82) is 5.26 Å². The molecule has 1 aromatic carbocycles. The summed E-state index contributed by atoms with van der Waals surface area (Å²) < 4.78 is 5.22. The maximum absolute atomic E-state index is 11.1. The van der Waals surface area contributed by atoms with Gasteiger partial charge in [0.05, 0.1) is 17.7 Å². The summed E-state index contributed by atoms with van der Waals surface area (Å²) in [4.78, 5) is 11.8. The smallest absolute Gasteiger partial charge is 0.311 e. The Morgan fingerprint density at radius 2 is 2.24 bits per heavy atom. The van der Waals surface area contributed by atoms with Gasteiger partial charge in [-0.05, 0) is 18.1 Å². The molecule has 2 rings (SSSR count). The third-order valence-corrected chi connectivity index (χ3v) is 4.33. The Balaban J connectivity index is 2.76. The third kappa shape index (κ3) is 2.41. The number of methoxy groups -OCH3 is 1. The number of hydrogen-bond donors (Lipinski definition) is 1. The maximum Gasteiger partial charge on any atom is 0.311 e. The first-order valence-corrected chi connectivity index (χ1v) is 6.99. The van der Waals surface area contributed by atoms with Crippen molar-refractivity contribution in [3.8, 4) is 22.3 Å². The van der Waals surface area contributed by atoms with Crippen molar-refractivity contribution in [2.45, 2.75) is 13.3 Å². The van der Waals surface area contributed by atoms with Gasteiger partial charge in [-0.15, -0.1) is 11.3 Å². The molecule has 0 spiro atoms. The van der Waals surface area contributed by atoms with E-state index in [0.29, 0.717) is 22.5 Å². The number of rotatable bonds is 4. The molecule has 2 aromatic rings. The highest BCUT2D eigenvalue weighted by atomic mass is 32.1. The lowest BCUT2D eigenvalue weighted by Gasteiger charge is -2.09. The number of nitrogens with zero attached hydrogens (tertiary/aromatic N) is 2. The summed E-state index contributed by atoms with van der Waals surface area (Å²) in [5, 5.41) is 20.2. The van der Waals surface area contributed by atoms with E-state index in [2.05, 4.69) is 6.07 Å². The summed E-state index contributed by atoms with van der Waals surface area (Å²) in [6.07, 6.45) is 0.630. The first-order valence-electron chi connectivity index (χ1n) is 6.18. The number of hydrogen-bond acceptors (Lipinski definition) is 6. The first kappa shape index (κ1) is 14.8. The van der Waals surface area contributed by atoms with Crippen molar-refractivity contribution >= 4 is 22.7 Å². The second-order valence-corrected chi connectivity index (χ2v) is 5.25. The van der Waals surface area contributed by atoms with E-state index in [4.69, 9.17) is 15.7 Å². The molecule has 1 heterocycles. The molecule has 1 aromatic heterocycles. The van der Waals surface area contributed by atoms with Gasteiger partial charge in [-0.25, -0.2) is 0 Å². The Bertz CT molecular complexity index is 747. The second kappa shape index (κ2) is 5.81. The van der Waals surface area contributed by atoms with Crippen molar-refractivity contribution in [2.24, 2.45) is 0 Å². The Hall–Kier alpha value is -2.59. The minimum Gasteiger partial charge on any atom is -0.490 e. The molecule has 2 N–H and O–H groups in total. The second-order valence-electron chi connectivity index (χ2n) is 4.23. The summed E-state index contributed by atoms with van der Waals surface area (Å²) in [6.45, 7) is 1.92. The highest BCUT2D eigenvalue weighted by Gasteiger charge is 2.24. The van der Waals surface area contributed by atoms with E-state index in [1.165, 1.54) is 24.5 Å². The zero-order valence-electron chi connectivity index (χ0n) is 11.5. The van der Waals surface area contributed by atoms with E-state index in [1.807, 2.05) is 6.92 Å². The Kier molecular flexibility index (Phi) is 4.10. The Morgan fingerprint density at radius 1 is 1.52 bits per heavy atom. The van der Waals surface area contributed by atoms with Gasteiger partial charge in [-0.3, -0.25) is 10.1 Å². The number of nitrogens with two attached hydrogens (primary N) is 1. The van der Waals surface area contributed by atoms with Crippen LogP contribution < -0.4 is 10.5 Å². The number of benzene rings is 1. The predicted molar refractivity (Wildman–Crippen MR) is 81.5 cm³/mol. The van der Waals surface area contributed by atoms with Crippen LogP contribution in [0.25, 0.3) is 10.4 Å². The molecule has 21 heavy (non-hydrogen) atoms. The van der Waals surface area contributed by atoms with E-state index in [9.17, 15) is 10.1 Å². The fraction of sp³-hybridized carbons (Fsp3) is 0.214. The SMILES string of the molecule is CCc1c(-c2cccc([N+](=O)[O-])c2OC)sc(C#N)c1N. The minimum absolute atomic E-state index is 0.109. The molecular weight excluding hydrogens is 290 g/mol. The van der Waals surface area contributed by atoms with Gasteiger partial charge in [-0.2, -0.15) is 5.26 Å². The van der Waals surface area contributed by atoms with Crippen LogP contribution in [0.2, 0.25) is 0 Å². The first-order chi connectivity index (χ1) is 10.0. The van der Waals surface area contributed by atoms with Gasteiger partial charge in [0.2, 0.25) is 5.75 Å². The largest absolute Gasteiger partial charge is 0.490 e. The lowest BCUT2D eigenvalue weighted by Crippen LogP contribution is -1.96. The van der Waals surface area contributed by atoms with Gasteiger partial charge in [-0.1, -0.05) is 13.0 Å². The number of para-hydroxylation sites is 1. The van der Waals surface area contributed by atoms with Crippen LogP contribution in [-0.2, 0) is 6.42 Å². The van der Waals surface area contributed by atoms with Crippen molar-refractivity contribution in [3.05, 3.63) is 38.8 Å². The normalized spacial score (nSPS) is 10.1. The van der Waals surface area contributed by atoms with Gasteiger partial charge < -0.3 is 10.5 Å². The lowest BCUT2D eigenvalue weighted by molar-refractivity contribution is -0.385. The van der Waals surface area contributed by atoms with Crippen LogP contribution in [0, 0.1) is 21.4 Å². The Morgan fingerprint density at radius 3 is 2.76 bits per heavy atom. The highest BCUT2D eigenvalue weighted by molar-refractivity contribution is 7.16. The number of ether oxygens (including phenoxy) is 1. The molecule has 0 radical (unpaired) electrons. The van der Waals surface area contributed by atoms with Crippen molar-refractivity contribution in [2.75, 3.05) is 12.8 Å². The van der Waals surface area contributed by atoms with Crippen LogP contribution >= 0.6 is 11.3 Å². The molecule has 0 aliphatic carbocycles. The number of anilines is 1. The van der Waals surface area contributed by atoms with Gasteiger partial charge >= 0.3 is 5.69 Å². The van der Waals surface area contributed by atoms with Gasteiger partial charge in [0.1, 0.15) is 10.9 Å². The lowest BCUT2D eigenvalue weighted by atomic mass is 10.0. The molecule has 0 saturated heterocycles. The highest BCUT2D eigenvalue weighted by Crippen LogP contribution is 2.45. The molecule has 108 valence electrons. The molecule has 0 fully saturated rings. The van der Waals surface area contributed by atoms with Gasteiger partial charge in [0.25, 0.3) is 0 Å². The van der Waals surface area contributed by atoms with E-state index in [1.54, 1.807) is 12.1 Å². The molecule has 6 nitrogen and oxygen atoms in total. The summed E-state index contributed by atoms with van der Waals surface area (Å²) in [5.41, 5.74) is 7.69. The zero-order valence-corrected chi connectivity index (χ0v) is 12.4. The number of nitrogen functional groups attached to an aromatic ring is 1. The summed E-state index contributed by atoms with van der Waals surface area (Å²) in [5.74, 6) is 0.183. The van der Waals surface area contributed by atoms with Crippen LogP contribution in [0.1, 0.15) is 17.4 Å². The van der Waals surface area contributed by atoms with Crippen molar-refractivity contribution in [3.63, 3.8) is 0 Å². The van der Waals surface area contributed by atoms with E-state index < -0.39 is 4.92 Å². The molecule has 0 bridgehead atoms. The maximum atomic E-state index is 11.1. The standard InChI is InChI=1S/C14H13N3O3S/c1-3-8-12(16)11(7-15)21-14(8)9-5-4-6-10(17(18)19)13(9)20-2/h4-6H,3,16H2,1-2H3. The molecule has 0 atom stereocenters. The molecular formula is C14H13N3O3S.